The van der Waals surface area contributed by atoms with E-state index in [9.17, 15) is 9.59 Å². The van der Waals surface area contributed by atoms with Crippen molar-refractivity contribution < 1.29 is 9.59 Å². The summed E-state index contributed by atoms with van der Waals surface area (Å²) >= 11 is 0. The van der Waals surface area contributed by atoms with Gasteiger partial charge in [0.15, 0.2) is 5.78 Å². The molecule has 3 rings (SSSR count). The second-order valence-electron chi connectivity index (χ2n) is 5.56. The fourth-order valence-corrected chi connectivity index (χ4v) is 2.70. The van der Waals surface area contributed by atoms with Crippen LogP contribution in [0.25, 0.3) is 0 Å². The van der Waals surface area contributed by atoms with Gasteiger partial charge in [-0.05, 0) is 25.1 Å². The van der Waals surface area contributed by atoms with Crippen LogP contribution in [0.5, 0.6) is 0 Å². The van der Waals surface area contributed by atoms with Crippen LogP contribution < -0.4 is 5.32 Å². The van der Waals surface area contributed by atoms with Crippen LogP contribution in [0, 0.1) is 0 Å². The molecule has 114 valence electrons. The van der Waals surface area contributed by atoms with Crippen LogP contribution in [-0.4, -0.2) is 47.3 Å². The van der Waals surface area contributed by atoms with Crippen molar-refractivity contribution in [2.45, 2.75) is 13.0 Å². The smallest absolute Gasteiger partial charge is 0.254 e. The van der Waals surface area contributed by atoms with Gasteiger partial charge in [-0.3, -0.25) is 9.59 Å². The number of carbonyl (C=O) groups excluding carboxylic acids is 2. The number of nitrogens with zero attached hydrogens (tertiary/aromatic N) is 1. The molecule has 1 aromatic heterocycles. The van der Waals surface area contributed by atoms with E-state index in [-0.39, 0.29) is 17.7 Å². The van der Waals surface area contributed by atoms with Crippen LogP contribution in [0.2, 0.25) is 0 Å². The predicted molar refractivity (Wildman–Crippen MR) is 84.0 cm³/mol. The van der Waals surface area contributed by atoms with Crippen molar-refractivity contribution in [2.24, 2.45) is 0 Å². The molecule has 1 aromatic carbocycles. The molecule has 1 fully saturated rings. The number of hydrogen-bond donors (Lipinski definition) is 2. The summed E-state index contributed by atoms with van der Waals surface area (Å²) in [6.07, 6.45) is 3.39. The van der Waals surface area contributed by atoms with E-state index in [0.29, 0.717) is 23.2 Å². The molecule has 0 aliphatic carbocycles. The summed E-state index contributed by atoms with van der Waals surface area (Å²) in [5.41, 5.74) is 1.83. The maximum absolute atomic E-state index is 12.5. The third kappa shape index (κ3) is 2.80. The van der Waals surface area contributed by atoms with Crippen molar-refractivity contribution in [3.8, 4) is 0 Å². The van der Waals surface area contributed by atoms with E-state index in [1.807, 2.05) is 11.8 Å². The van der Waals surface area contributed by atoms with Crippen molar-refractivity contribution >= 4 is 11.7 Å². The lowest BCUT2D eigenvalue weighted by Crippen LogP contribution is -2.52. The maximum Gasteiger partial charge on any atom is 0.254 e. The van der Waals surface area contributed by atoms with Crippen LogP contribution in [0.1, 0.15) is 33.2 Å². The summed E-state index contributed by atoms with van der Waals surface area (Å²) in [6, 6.07) is 8.82. The zero-order chi connectivity index (χ0) is 15.5. The molecule has 5 heteroatoms. The topological polar surface area (TPSA) is 65.2 Å². The molecule has 0 radical (unpaired) electrons. The Morgan fingerprint density at radius 1 is 1.09 bits per heavy atom. The number of aromatic amines is 1. The van der Waals surface area contributed by atoms with E-state index in [1.54, 1.807) is 42.7 Å². The second kappa shape index (κ2) is 6.15. The summed E-state index contributed by atoms with van der Waals surface area (Å²) in [5.74, 6) is -0.0227. The Hall–Kier alpha value is -2.40. The molecular formula is C17H19N3O2. The third-order valence-electron chi connectivity index (χ3n) is 4.02. The van der Waals surface area contributed by atoms with Crippen LogP contribution >= 0.6 is 0 Å². The highest BCUT2D eigenvalue weighted by atomic mass is 16.2. The standard InChI is InChI=1S/C17H19N3O2/c1-12-10-19-8-9-20(12)17(22)14-4-2-13(3-5-14)16(21)15-6-7-18-11-15/h2-7,11-12,18-19H,8-10H2,1H3. The number of aromatic nitrogens is 1. The van der Waals surface area contributed by atoms with E-state index in [1.165, 1.54) is 0 Å². The molecule has 1 aliphatic heterocycles. The van der Waals surface area contributed by atoms with E-state index in [4.69, 9.17) is 0 Å². The Balaban J connectivity index is 1.76. The molecule has 2 N–H and O–H groups in total. The third-order valence-corrected chi connectivity index (χ3v) is 4.02. The minimum absolute atomic E-state index is 0.0228. The fourth-order valence-electron chi connectivity index (χ4n) is 2.70. The number of amides is 1. The Bertz CT molecular complexity index is 662. The van der Waals surface area contributed by atoms with Crippen molar-refractivity contribution in [2.75, 3.05) is 19.6 Å². The largest absolute Gasteiger partial charge is 0.367 e. The maximum atomic E-state index is 12.5. The molecule has 2 heterocycles. The number of H-pyrrole nitrogens is 1. The fraction of sp³-hybridized carbons (Fsp3) is 0.294. The van der Waals surface area contributed by atoms with Crippen molar-refractivity contribution in [1.29, 1.82) is 0 Å². The lowest BCUT2D eigenvalue weighted by Gasteiger charge is -2.34. The van der Waals surface area contributed by atoms with Crippen LogP contribution in [0.15, 0.2) is 42.7 Å². The lowest BCUT2D eigenvalue weighted by atomic mass is 10.0. The summed E-state index contributed by atoms with van der Waals surface area (Å²) in [6.45, 7) is 4.38. The van der Waals surface area contributed by atoms with Crippen molar-refractivity contribution in [3.63, 3.8) is 0 Å². The van der Waals surface area contributed by atoms with Gasteiger partial charge in [0.05, 0.1) is 0 Å². The monoisotopic (exact) mass is 297 g/mol. The Morgan fingerprint density at radius 3 is 2.45 bits per heavy atom. The summed E-state index contributed by atoms with van der Waals surface area (Å²) in [7, 11) is 0. The lowest BCUT2D eigenvalue weighted by molar-refractivity contribution is 0.0655. The highest BCUT2D eigenvalue weighted by Gasteiger charge is 2.24. The molecule has 22 heavy (non-hydrogen) atoms. The van der Waals surface area contributed by atoms with Gasteiger partial charge < -0.3 is 15.2 Å². The van der Waals surface area contributed by atoms with Gasteiger partial charge in [-0.25, -0.2) is 0 Å². The number of benzene rings is 1. The first-order valence-corrected chi connectivity index (χ1v) is 7.46. The molecule has 1 atom stereocenters. The molecule has 0 bridgehead atoms. The van der Waals surface area contributed by atoms with Crippen molar-refractivity contribution in [1.82, 2.24) is 15.2 Å². The minimum atomic E-state index is -0.0456. The first-order chi connectivity index (χ1) is 10.7. The van der Waals surface area contributed by atoms with Gasteiger partial charge in [0.1, 0.15) is 0 Å². The van der Waals surface area contributed by atoms with Gasteiger partial charge in [0, 0.05) is 54.8 Å². The average Bonchev–Trinajstić information content (AvgIpc) is 3.09. The summed E-state index contributed by atoms with van der Waals surface area (Å²) in [5, 5.41) is 3.27. The summed E-state index contributed by atoms with van der Waals surface area (Å²) in [4.78, 5) is 29.5. The molecule has 0 saturated carbocycles. The Labute approximate surface area is 129 Å². The van der Waals surface area contributed by atoms with Crippen LogP contribution in [0.3, 0.4) is 0 Å². The van der Waals surface area contributed by atoms with Crippen molar-refractivity contribution in [3.05, 3.63) is 59.4 Å². The quantitative estimate of drug-likeness (QED) is 0.847. The number of rotatable bonds is 3. The van der Waals surface area contributed by atoms with Gasteiger partial charge >= 0.3 is 0 Å². The molecule has 1 amide bonds. The first-order valence-electron chi connectivity index (χ1n) is 7.46. The number of carbonyl (C=O) groups is 2. The van der Waals surface area contributed by atoms with Gasteiger partial charge in [0.2, 0.25) is 0 Å². The normalized spacial score (nSPS) is 18.2. The van der Waals surface area contributed by atoms with E-state index in [0.717, 1.165) is 13.1 Å². The summed E-state index contributed by atoms with van der Waals surface area (Å²) < 4.78 is 0. The van der Waals surface area contributed by atoms with E-state index < -0.39 is 0 Å². The van der Waals surface area contributed by atoms with E-state index >= 15 is 0 Å². The zero-order valence-corrected chi connectivity index (χ0v) is 12.5. The molecular weight excluding hydrogens is 278 g/mol. The number of ketones is 1. The highest BCUT2D eigenvalue weighted by Crippen LogP contribution is 2.14. The van der Waals surface area contributed by atoms with Crippen LogP contribution in [0.4, 0.5) is 0 Å². The zero-order valence-electron chi connectivity index (χ0n) is 12.5. The number of hydrogen-bond acceptors (Lipinski definition) is 3. The van der Waals surface area contributed by atoms with Crippen LogP contribution in [-0.2, 0) is 0 Å². The first kappa shape index (κ1) is 14.5. The highest BCUT2D eigenvalue weighted by molar-refractivity contribution is 6.09. The Kier molecular flexibility index (Phi) is 4.06. The Morgan fingerprint density at radius 2 is 1.82 bits per heavy atom. The van der Waals surface area contributed by atoms with Gasteiger partial charge in [-0.15, -0.1) is 0 Å². The molecule has 0 spiro atoms. The number of nitrogens with one attached hydrogen (secondary N) is 2. The average molecular weight is 297 g/mol. The SMILES string of the molecule is CC1CNCCN1C(=O)c1ccc(C(=O)c2cc[nH]c2)cc1. The van der Waals surface area contributed by atoms with Gasteiger partial charge in [-0.1, -0.05) is 12.1 Å². The number of piperazine rings is 1. The molecule has 1 saturated heterocycles. The van der Waals surface area contributed by atoms with Gasteiger partial charge in [0.25, 0.3) is 5.91 Å². The second-order valence-corrected chi connectivity index (χ2v) is 5.56. The molecule has 5 nitrogen and oxygen atoms in total. The molecule has 1 unspecified atom stereocenters. The molecule has 1 aliphatic rings. The minimum Gasteiger partial charge on any atom is -0.367 e. The predicted octanol–water partition coefficient (Wildman–Crippen LogP) is 1.68. The van der Waals surface area contributed by atoms with Gasteiger partial charge in [-0.2, -0.15) is 0 Å². The molecule has 2 aromatic rings. The van der Waals surface area contributed by atoms with E-state index in [2.05, 4.69) is 10.3 Å².